The second-order valence-corrected chi connectivity index (χ2v) is 5.38. The molecule has 0 saturated carbocycles. The van der Waals surface area contributed by atoms with Gasteiger partial charge in [0.05, 0.1) is 10.9 Å². The molecule has 2 unspecified atom stereocenters. The maximum Gasteiger partial charge on any atom is 0.236 e. The van der Waals surface area contributed by atoms with Crippen LogP contribution in [-0.2, 0) is 4.79 Å². The van der Waals surface area contributed by atoms with E-state index in [4.69, 9.17) is 0 Å². The van der Waals surface area contributed by atoms with Crippen molar-refractivity contribution in [2.45, 2.75) is 38.1 Å². The quantitative estimate of drug-likeness (QED) is 0.845. The summed E-state index contributed by atoms with van der Waals surface area (Å²) < 4.78 is 0. The number of carbonyl (C=O) groups is 1. The maximum absolute atomic E-state index is 12.2. The lowest BCUT2D eigenvalue weighted by atomic mass is 10.1. The molecule has 0 aliphatic heterocycles. The predicted molar refractivity (Wildman–Crippen MR) is 76.9 cm³/mol. The molecule has 0 radical (unpaired) electrons. The van der Waals surface area contributed by atoms with Crippen LogP contribution in [0.3, 0.4) is 0 Å². The molecule has 3 nitrogen and oxygen atoms in total. The van der Waals surface area contributed by atoms with Gasteiger partial charge in [-0.05, 0) is 38.0 Å². The van der Waals surface area contributed by atoms with Crippen molar-refractivity contribution in [3.8, 4) is 5.75 Å². The van der Waals surface area contributed by atoms with Gasteiger partial charge in [-0.15, -0.1) is 0 Å². The molecule has 0 fully saturated rings. The minimum Gasteiger partial charge on any atom is -0.508 e. The zero-order valence-corrected chi connectivity index (χ0v) is 12.6. The summed E-state index contributed by atoms with van der Waals surface area (Å²) in [6.45, 7) is 6.57. The highest BCUT2D eigenvalue weighted by molar-refractivity contribution is 9.10. The average molecular weight is 314 g/mol. The number of phenols is 1. The van der Waals surface area contributed by atoms with Crippen LogP contribution >= 0.6 is 15.9 Å². The molecule has 4 heteroatoms. The van der Waals surface area contributed by atoms with E-state index < -0.39 is 0 Å². The maximum atomic E-state index is 12.2. The Balaban J connectivity index is 2.92. The summed E-state index contributed by atoms with van der Waals surface area (Å²) in [6, 6.07) is 7.02. The third-order valence-corrected chi connectivity index (χ3v) is 4.11. The summed E-state index contributed by atoms with van der Waals surface area (Å²) in [5, 5.41) is 9.50. The molecule has 0 bridgehead atoms. The molecule has 1 aromatic rings. The lowest BCUT2D eigenvalue weighted by Crippen LogP contribution is -2.38. The van der Waals surface area contributed by atoms with E-state index in [-0.39, 0.29) is 22.5 Å². The van der Waals surface area contributed by atoms with Gasteiger partial charge in [0.1, 0.15) is 5.75 Å². The van der Waals surface area contributed by atoms with Gasteiger partial charge in [-0.3, -0.25) is 4.79 Å². The largest absolute Gasteiger partial charge is 0.508 e. The van der Waals surface area contributed by atoms with E-state index >= 15 is 0 Å². The van der Waals surface area contributed by atoms with Gasteiger partial charge in [0, 0.05) is 6.54 Å². The molecule has 0 aromatic heterocycles. The van der Waals surface area contributed by atoms with Crippen LogP contribution in [0.5, 0.6) is 5.75 Å². The van der Waals surface area contributed by atoms with Crippen molar-refractivity contribution in [3.63, 3.8) is 0 Å². The van der Waals surface area contributed by atoms with Gasteiger partial charge in [-0.25, -0.2) is 0 Å². The van der Waals surface area contributed by atoms with E-state index in [0.29, 0.717) is 6.54 Å². The van der Waals surface area contributed by atoms with Crippen LogP contribution in [0, 0.1) is 0 Å². The number of aromatic hydroxyl groups is 1. The SMILES string of the molecule is CCC(Br)C(=O)N(CC)C(C)c1cccc(O)c1. The van der Waals surface area contributed by atoms with Crippen LogP contribution in [0.2, 0.25) is 0 Å². The second-order valence-electron chi connectivity index (χ2n) is 4.27. The third-order valence-electron chi connectivity index (χ3n) is 3.07. The standard InChI is InChI=1S/C14H20BrNO2/c1-4-13(15)14(18)16(5-2)10(3)11-7-6-8-12(17)9-11/h6-10,13,17H,4-5H2,1-3H3. The fourth-order valence-corrected chi connectivity index (χ4v) is 2.20. The Morgan fingerprint density at radius 1 is 1.44 bits per heavy atom. The van der Waals surface area contributed by atoms with Crippen LogP contribution in [-0.4, -0.2) is 27.3 Å². The van der Waals surface area contributed by atoms with Crippen molar-refractivity contribution in [3.05, 3.63) is 29.8 Å². The molecular weight excluding hydrogens is 294 g/mol. The van der Waals surface area contributed by atoms with E-state index in [9.17, 15) is 9.90 Å². The van der Waals surface area contributed by atoms with Crippen molar-refractivity contribution >= 4 is 21.8 Å². The van der Waals surface area contributed by atoms with Gasteiger partial charge >= 0.3 is 0 Å². The lowest BCUT2D eigenvalue weighted by Gasteiger charge is -2.30. The summed E-state index contributed by atoms with van der Waals surface area (Å²) in [5.41, 5.74) is 0.945. The number of halogens is 1. The van der Waals surface area contributed by atoms with Crippen molar-refractivity contribution in [1.29, 1.82) is 0 Å². The van der Waals surface area contributed by atoms with Crippen LogP contribution in [0.15, 0.2) is 24.3 Å². The van der Waals surface area contributed by atoms with E-state index in [1.807, 2.05) is 31.7 Å². The van der Waals surface area contributed by atoms with E-state index in [1.54, 1.807) is 18.2 Å². The predicted octanol–water partition coefficient (Wildman–Crippen LogP) is 3.48. The van der Waals surface area contributed by atoms with E-state index in [1.165, 1.54) is 0 Å². The molecule has 18 heavy (non-hydrogen) atoms. The summed E-state index contributed by atoms with van der Waals surface area (Å²) in [5.74, 6) is 0.324. The Morgan fingerprint density at radius 2 is 2.11 bits per heavy atom. The van der Waals surface area contributed by atoms with E-state index in [2.05, 4.69) is 15.9 Å². The highest BCUT2D eigenvalue weighted by Crippen LogP contribution is 2.25. The van der Waals surface area contributed by atoms with Gasteiger partial charge in [0.25, 0.3) is 0 Å². The van der Waals surface area contributed by atoms with Crippen molar-refractivity contribution in [1.82, 2.24) is 4.90 Å². The van der Waals surface area contributed by atoms with Gasteiger partial charge in [-0.2, -0.15) is 0 Å². The highest BCUT2D eigenvalue weighted by atomic mass is 79.9. The molecular formula is C14H20BrNO2. The molecule has 1 amide bonds. The Hall–Kier alpha value is -1.03. The zero-order valence-electron chi connectivity index (χ0n) is 11.1. The first-order valence-corrected chi connectivity index (χ1v) is 7.16. The Kier molecular flexibility index (Phi) is 5.66. The third kappa shape index (κ3) is 3.48. The van der Waals surface area contributed by atoms with Gasteiger partial charge in [0.2, 0.25) is 5.91 Å². The lowest BCUT2D eigenvalue weighted by molar-refractivity contribution is -0.132. The number of rotatable bonds is 5. The van der Waals surface area contributed by atoms with Gasteiger partial charge in [-0.1, -0.05) is 35.0 Å². The number of hydrogen-bond donors (Lipinski definition) is 1. The molecule has 0 aliphatic rings. The normalized spacial score (nSPS) is 14.0. The number of amides is 1. The zero-order chi connectivity index (χ0) is 13.7. The first-order valence-electron chi connectivity index (χ1n) is 6.24. The summed E-state index contributed by atoms with van der Waals surface area (Å²) >= 11 is 3.40. The Morgan fingerprint density at radius 3 is 2.61 bits per heavy atom. The molecule has 1 aromatic carbocycles. The number of carbonyl (C=O) groups excluding carboxylic acids is 1. The van der Waals surface area contributed by atoms with Crippen molar-refractivity contribution in [2.75, 3.05) is 6.54 Å². The molecule has 0 spiro atoms. The Bertz CT molecular complexity index is 409. The minimum atomic E-state index is -0.141. The first kappa shape index (κ1) is 15.0. The number of hydrogen-bond acceptors (Lipinski definition) is 2. The molecule has 2 atom stereocenters. The van der Waals surface area contributed by atoms with Crippen LogP contribution < -0.4 is 0 Å². The minimum absolute atomic E-state index is 0.0406. The number of nitrogens with zero attached hydrogens (tertiary/aromatic N) is 1. The van der Waals surface area contributed by atoms with Gasteiger partial charge < -0.3 is 10.0 Å². The summed E-state index contributed by atoms with van der Waals surface area (Å²) in [4.78, 5) is 13.9. The monoisotopic (exact) mass is 313 g/mol. The number of phenolic OH excluding ortho intramolecular Hbond substituents is 1. The number of alkyl halides is 1. The molecule has 1 rings (SSSR count). The molecule has 0 heterocycles. The average Bonchev–Trinajstić information content (AvgIpc) is 2.38. The second kappa shape index (κ2) is 6.78. The molecule has 1 N–H and O–H groups in total. The molecule has 0 aliphatic carbocycles. The fourth-order valence-electron chi connectivity index (χ4n) is 1.94. The van der Waals surface area contributed by atoms with Crippen LogP contribution in [0.25, 0.3) is 0 Å². The summed E-state index contributed by atoms with van der Waals surface area (Å²) in [6.07, 6.45) is 0.766. The topological polar surface area (TPSA) is 40.5 Å². The van der Waals surface area contributed by atoms with Crippen LogP contribution in [0.1, 0.15) is 38.8 Å². The smallest absolute Gasteiger partial charge is 0.236 e. The highest BCUT2D eigenvalue weighted by Gasteiger charge is 2.24. The van der Waals surface area contributed by atoms with Gasteiger partial charge in [0.15, 0.2) is 0 Å². The molecule has 100 valence electrons. The van der Waals surface area contributed by atoms with Crippen LogP contribution in [0.4, 0.5) is 0 Å². The first-order chi connectivity index (χ1) is 8.51. The molecule has 0 saturated heterocycles. The Labute approximate surface area is 117 Å². The fraction of sp³-hybridized carbons (Fsp3) is 0.500. The number of benzene rings is 1. The van der Waals surface area contributed by atoms with Crippen molar-refractivity contribution in [2.24, 2.45) is 0 Å². The summed E-state index contributed by atoms with van der Waals surface area (Å²) in [7, 11) is 0. The van der Waals surface area contributed by atoms with Crippen molar-refractivity contribution < 1.29 is 9.90 Å². The van der Waals surface area contributed by atoms with E-state index in [0.717, 1.165) is 12.0 Å².